The maximum Gasteiger partial charge on any atom is 0.315 e. The number of amides is 2. The lowest BCUT2D eigenvalue weighted by atomic mass is 9.79. The Morgan fingerprint density at radius 1 is 0.885 bits per heavy atom. The molecule has 1 atom stereocenters. The van der Waals surface area contributed by atoms with E-state index in [1.165, 1.54) is 37.7 Å². The average Bonchev–Trinajstić information content (AvgIpc) is 2.65. The van der Waals surface area contributed by atoms with Crippen LogP contribution in [0, 0.1) is 5.92 Å². The van der Waals surface area contributed by atoms with E-state index in [1.807, 2.05) is 0 Å². The molecule has 0 spiro atoms. The summed E-state index contributed by atoms with van der Waals surface area (Å²) in [6, 6.07) is 12.1. The third-order valence-electron chi connectivity index (χ3n) is 6.19. The van der Waals surface area contributed by atoms with Gasteiger partial charge < -0.3 is 15.5 Å². The van der Waals surface area contributed by atoms with E-state index in [-0.39, 0.29) is 6.03 Å². The van der Waals surface area contributed by atoms with E-state index in [4.69, 9.17) is 0 Å². The molecule has 0 aromatic heterocycles. The molecule has 2 aliphatic rings. The predicted molar refractivity (Wildman–Crippen MR) is 107 cm³/mol. The lowest BCUT2D eigenvalue weighted by molar-refractivity contribution is 0.156. The Morgan fingerprint density at radius 2 is 1.46 bits per heavy atom. The number of carbonyl (C=O) groups is 1. The van der Waals surface area contributed by atoms with Crippen LogP contribution in [0.4, 0.5) is 4.79 Å². The zero-order chi connectivity index (χ0) is 18.4. The van der Waals surface area contributed by atoms with Crippen molar-refractivity contribution in [1.29, 1.82) is 0 Å². The molecule has 3 rings (SSSR count). The zero-order valence-electron chi connectivity index (χ0n) is 16.4. The second-order valence-corrected chi connectivity index (χ2v) is 8.38. The van der Waals surface area contributed by atoms with Crippen LogP contribution in [0.2, 0.25) is 0 Å². The monoisotopic (exact) mass is 357 g/mol. The van der Waals surface area contributed by atoms with Crippen molar-refractivity contribution in [2.45, 2.75) is 75.9 Å². The van der Waals surface area contributed by atoms with E-state index in [0.717, 1.165) is 25.7 Å². The first-order chi connectivity index (χ1) is 12.6. The first kappa shape index (κ1) is 19.2. The summed E-state index contributed by atoms with van der Waals surface area (Å²) >= 11 is 0. The molecule has 2 N–H and O–H groups in total. The van der Waals surface area contributed by atoms with Crippen LogP contribution < -0.4 is 10.6 Å². The Balaban J connectivity index is 1.47. The van der Waals surface area contributed by atoms with Crippen LogP contribution in [-0.2, 0) is 0 Å². The van der Waals surface area contributed by atoms with E-state index in [0.29, 0.717) is 24.0 Å². The molecule has 1 aromatic rings. The summed E-state index contributed by atoms with van der Waals surface area (Å²) < 4.78 is 0. The van der Waals surface area contributed by atoms with Gasteiger partial charge in [0.25, 0.3) is 0 Å². The lowest BCUT2D eigenvalue weighted by Crippen LogP contribution is -2.48. The third kappa shape index (κ3) is 5.23. The molecular weight excluding hydrogens is 322 g/mol. The number of urea groups is 1. The van der Waals surface area contributed by atoms with Crippen LogP contribution in [-0.4, -0.2) is 37.1 Å². The highest BCUT2D eigenvalue weighted by Gasteiger charge is 2.30. The fraction of sp³-hybridized carbons (Fsp3) is 0.682. The standard InChI is InChI=1S/C22H35N3O/c1-25(2)21(17-9-5-3-6-10-17)18-13-15-20(16-14-18)24-22(26)23-19-11-7-4-8-12-19/h3,5-6,9-10,18-21H,4,7-8,11-16H2,1-2H3,(H2,23,24,26). The number of nitrogens with zero attached hydrogens (tertiary/aromatic N) is 1. The molecule has 2 aliphatic carbocycles. The van der Waals surface area contributed by atoms with Crippen molar-refractivity contribution >= 4 is 6.03 Å². The van der Waals surface area contributed by atoms with Gasteiger partial charge in [-0.15, -0.1) is 0 Å². The van der Waals surface area contributed by atoms with Gasteiger partial charge >= 0.3 is 6.03 Å². The SMILES string of the molecule is CN(C)C(c1ccccc1)C1CCC(NC(=O)NC2CCCCC2)CC1. The quantitative estimate of drug-likeness (QED) is 0.816. The first-order valence-electron chi connectivity index (χ1n) is 10.4. The molecular formula is C22H35N3O. The summed E-state index contributed by atoms with van der Waals surface area (Å²) in [5.74, 6) is 0.659. The molecule has 0 saturated heterocycles. The summed E-state index contributed by atoms with van der Waals surface area (Å²) in [6.45, 7) is 0. The zero-order valence-corrected chi connectivity index (χ0v) is 16.4. The Labute approximate surface area is 158 Å². The second kappa shape index (κ2) is 9.40. The summed E-state index contributed by atoms with van der Waals surface area (Å²) in [7, 11) is 4.36. The van der Waals surface area contributed by atoms with Crippen LogP contribution in [0.5, 0.6) is 0 Å². The molecule has 1 aromatic carbocycles. The van der Waals surface area contributed by atoms with Gasteiger partial charge in [-0.2, -0.15) is 0 Å². The van der Waals surface area contributed by atoms with Gasteiger partial charge in [0.1, 0.15) is 0 Å². The Morgan fingerprint density at radius 3 is 2.04 bits per heavy atom. The van der Waals surface area contributed by atoms with Gasteiger partial charge in [0.2, 0.25) is 0 Å². The minimum Gasteiger partial charge on any atom is -0.335 e. The van der Waals surface area contributed by atoms with E-state index in [2.05, 4.69) is 60.0 Å². The second-order valence-electron chi connectivity index (χ2n) is 8.38. The van der Waals surface area contributed by atoms with Crippen molar-refractivity contribution in [3.63, 3.8) is 0 Å². The molecule has 26 heavy (non-hydrogen) atoms. The van der Waals surface area contributed by atoms with Crippen molar-refractivity contribution in [2.75, 3.05) is 14.1 Å². The number of carbonyl (C=O) groups excluding carboxylic acids is 1. The Hall–Kier alpha value is -1.55. The van der Waals surface area contributed by atoms with Crippen molar-refractivity contribution in [2.24, 2.45) is 5.92 Å². The molecule has 0 radical (unpaired) electrons. The Kier molecular flexibility index (Phi) is 6.95. The highest BCUT2D eigenvalue weighted by Crippen LogP contribution is 2.37. The van der Waals surface area contributed by atoms with Crippen molar-refractivity contribution in [3.05, 3.63) is 35.9 Å². The molecule has 4 nitrogen and oxygen atoms in total. The molecule has 2 amide bonds. The number of rotatable bonds is 5. The molecule has 144 valence electrons. The van der Waals surface area contributed by atoms with Gasteiger partial charge in [-0.1, -0.05) is 49.6 Å². The van der Waals surface area contributed by atoms with E-state index >= 15 is 0 Å². The Bertz CT molecular complexity index is 546. The molecule has 0 aliphatic heterocycles. The van der Waals surface area contributed by atoms with Crippen LogP contribution in [0.25, 0.3) is 0 Å². The third-order valence-corrected chi connectivity index (χ3v) is 6.19. The molecule has 0 heterocycles. The maximum absolute atomic E-state index is 12.3. The van der Waals surface area contributed by atoms with Crippen LogP contribution >= 0.6 is 0 Å². The van der Waals surface area contributed by atoms with Crippen molar-refractivity contribution in [1.82, 2.24) is 15.5 Å². The normalized spacial score (nSPS) is 25.7. The van der Waals surface area contributed by atoms with E-state index in [9.17, 15) is 4.79 Å². The minimum atomic E-state index is 0.0487. The van der Waals surface area contributed by atoms with Gasteiger partial charge in [0.05, 0.1) is 0 Å². The molecule has 1 unspecified atom stereocenters. The molecule has 2 saturated carbocycles. The fourth-order valence-corrected chi connectivity index (χ4v) is 4.88. The van der Waals surface area contributed by atoms with E-state index in [1.54, 1.807) is 0 Å². The lowest BCUT2D eigenvalue weighted by Gasteiger charge is -2.38. The topological polar surface area (TPSA) is 44.4 Å². The summed E-state index contributed by atoms with van der Waals surface area (Å²) in [4.78, 5) is 14.6. The van der Waals surface area contributed by atoms with Crippen molar-refractivity contribution < 1.29 is 4.79 Å². The van der Waals surface area contributed by atoms with Crippen LogP contribution in [0.15, 0.2) is 30.3 Å². The van der Waals surface area contributed by atoms with Crippen LogP contribution in [0.1, 0.15) is 69.4 Å². The average molecular weight is 358 g/mol. The van der Waals surface area contributed by atoms with Gasteiger partial charge in [-0.25, -0.2) is 4.79 Å². The summed E-state index contributed by atoms with van der Waals surface area (Å²) in [6.07, 6.45) is 10.6. The maximum atomic E-state index is 12.3. The predicted octanol–water partition coefficient (Wildman–Crippen LogP) is 4.48. The minimum absolute atomic E-state index is 0.0487. The number of hydrogen-bond donors (Lipinski definition) is 2. The molecule has 4 heteroatoms. The van der Waals surface area contributed by atoms with Gasteiger partial charge in [0.15, 0.2) is 0 Å². The van der Waals surface area contributed by atoms with Gasteiger partial charge in [0, 0.05) is 18.1 Å². The number of hydrogen-bond acceptors (Lipinski definition) is 2. The number of nitrogens with one attached hydrogen (secondary N) is 2. The van der Waals surface area contributed by atoms with Gasteiger partial charge in [-0.3, -0.25) is 0 Å². The number of benzene rings is 1. The van der Waals surface area contributed by atoms with Crippen LogP contribution in [0.3, 0.4) is 0 Å². The summed E-state index contributed by atoms with van der Waals surface area (Å²) in [5, 5.41) is 6.42. The largest absolute Gasteiger partial charge is 0.335 e. The molecule has 2 fully saturated rings. The van der Waals surface area contributed by atoms with Crippen molar-refractivity contribution in [3.8, 4) is 0 Å². The van der Waals surface area contributed by atoms with E-state index < -0.39 is 0 Å². The van der Waals surface area contributed by atoms with Gasteiger partial charge in [-0.05, 0) is 64.1 Å². The smallest absolute Gasteiger partial charge is 0.315 e. The highest BCUT2D eigenvalue weighted by molar-refractivity contribution is 5.74. The highest BCUT2D eigenvalue weighted by atomic mass is 16.2. The first-order valence-corrected chi connectivity index (χ1v) is 10.4. The fourth-order valence-electron chi connectivity index (χ4n) is 4.88. The molecule has 0 bridgehead atoms. The summed E-state index contributed by atoms with van der Waals surface area (Å²) in [5.41, 5.74) is 1.41.